The lowest BCUT2D eigenvalue weighted by Gasteiger charge is -2.19. The largest absolute Gasteiger partial charge is 0.378 e. The second-order valence-corrected chi connectivity index (χ2v) is 5.23. The van der Waals surface area contributed by atoms with Crippen LogP contribution in [-0.4, -0.2) is 25.1 Å². The van der Waals surface area contributed by atoms with Gasteiger partial charge in [0.15, 0.2) is 0 Å². The van der Waals surface area contributed by atoms with E-state index in [1.54, 1.807) is 0 Å². The maximum atomic E-state index is 11.3. The summed E-state index contributed by atoms with van der Waals surface area (Å²) in [5, 5.41) is 20.5. The van der Waals surface area contributed by atoms with Gasteiger partial charge in [-0.25, -0.2) is 0 Å². The van der Waals surface area contributed by atoms with Crippen molar-refractivity contribution in [3.63, 3.8) is 0 Å². The third kappa shape index (κ3) is 3.23. The van der Waals surface area contributed by atoms with Gasteiger partial charge in [-0.15, -0.1) is 0 Å². The normalized spacial score (nSPS) is 13.0. The fraction of sp³-hybridized carbons (Fsp3) is 0.235. The van der Waals surface area contributed by atoms with E-state index in [4.69, 9.17) is 0 Å². The fourth-order valence-electron chi connectivity index (χ4n) is 2.44. The molecule has 2 unspecified atom stereocenters. The van der Waals surface area contributed by atoms with Gasteiger partial charge in [0.1, 0.15) is 6.07 Å². The van der Waals surface area contributed by atoms with Crippen molar-refractivity contribution in [2.45, 2.75) is 12.0 Å². The van der Waals surface area contributed by atoms with Gasteiger partial charge in [-0.05, 0) is 23.3 Å². The Kier molecular flexibility index (Phi) is 4.74. The molecule has 0 aliphatic carbocycles. The van der Waals surface area contributed by atoms with Crippen LogP contribution < -0.4 is 4.90 Å². The molecule has 0 bridgehead atoms. The number of nitro groups is 1. The van der Waals surface area contributed by atoms with Crippen molar-refractivity contribution in [1.29, 1.82) is 5.26 Å². The molecule has 0 N–H and O–H groups in total. The van der Waals surface area contributed by atoms with Gasteiger partial charge in [-0.2, -0.15) is 5.26 Å². The Morgan fingerprint density at radius 2 is 1.59 bits per heavy atom. The second-order valence-electron chi connectivity index (χ2n) is 5.23. The van der Waals surface area contributed by atoms with Crippen LogP contribution in [0.15, 0.2) is 54.6 Å². The molecule has 0 aromatic heterocycles. The number of nitrogens with zero attached hydrogens (tertiary/aromatic N) is 3. The standard InChI is InChI=1S/C17H17N3O2/c1-19(2)15-10-8-14(9-11-15)17(16(12-18)20(21)22)13-6-4-3-5-7-13/h3-11,16-17H,1-2H3. The number of nitriles is 1. The maximum absolute atomic E-state index is 11.3. The van der Waals surface area contributed by atoms with Crippen molar-refractivity contribution in [3.8, 4) is 6.07 Å². The van der Waals surface area contributed by atoms with E-state index in [-0.39, 0.29) is 0 Å². The van der Waals surface area contributed by atoms with Gasteiger partial charge in [0, 0.05) is 24.7 Å². The second kappa shape index (κ2) is 6.72. The molecule has 0 spiro atoms. The van der Waals surface area contributed by atoms with Crippen molar-refractivity contribution in [2.75, 3.05) is 19.0 Å². The van der Waals surface area contributed by atoms with Crippen LogP contribution in [-0.2, 0) is 0 Å². The Morgan fingerprint density at radius 3 is 2.05 bits per heavy atom. The summed E-state index contributed by atoms with van der Waals surface area (Å²) in [5.41, 5.74) is 2.54. The molecule has 2 rings (SSSR count). The van der Waals surface area contributed by atoms with Gasteiger partial charge in [0.25, 0.3) is 0 Å². The van der Waals surface area contributed by atoms with Gasteiger partial charge in [0.2, 0.25) is 0 Å². The number of hydrogen-bond donors (Lipinski definition) is 0. The molecule has 5 heteroatoms. The molecular formula is C17H17N3O2. The molecule has 22 heavy (non-hydrogen) atoms. The zero-order valence-corrected chi connectivity index (χ0v) is 12.5. The summed E-state index contributed by atoms with van der Waals surface area (Å²) >= 11 is 0. The first-order chi connectivity index (χ1) is 10.5. The average molecular weight is 295 g/mol. The molecule has 5 nitrogen and oxygen atoms in total. The minimum Gasteiger partial charge on any atom is -0.378 e. The van der Waals surface area contributed by atoms with E-state index in [0.29, 0.717) is 0 Å². The summed E-state index contributed by atoms with van der Waals surface area (Å²) < 4.78 is 0. The molecule has 0 amide bonds. The van der Waals surface area contributed by atoms with Crippen LogP contribution in [0.5, 0.6) is 0 Å². The fourth-order valence-corrected chi connectivity index (χ4v) is 2.44. The van der Waals surface area contributed by atoms with Crippen LogP contribution in [0.4, 0.5) is 5.69 Å². The zero-order chi connectivity index (χ0) is 16.1. The number of rotatable bonds is 5. The Hall–Kier alpha value is -2.87. The molecule has 2 aromatic rings. The molecule has 0 radical (unpaired) electrons. The van der Waals surface area contributed by atoms with Crippen LogP contribution in [0.25, 0.3) is 0 Å². The van der Waals surface area contributed by atoms with Crippen LogP contribution in [0, 0.1) is 21.4 Å². The Morgan fingerprint density at radius 1 is 1.05 bits per heavy atom. The van der Waals surface area contributed by atoms with Gasteiger partial charge in [0.05, 0.1) is 5.92 Å². The van der Waals surface area contributed by atoms with Crippen LogP contribution in [0.1, 0.15) is 17.0 Å². The maximum Gasteiger partial charge on any atom is 0.307 e. The van der Waals surface area contributed by atoms with E-state index >= 15 is 0 Å². The first-order valence-electron chi connectivity index (χ1n) is 6.90. The highest BCUT2D eigenvalue weighted by molar-refractivity contribution is 5.48. The van der Waals surface area contributed by atoms with E-state index < -0.39 is 16.9 Å². The molecule has 112 valence electrons. The molecule has 0 aliphatic heterocycles. The number of anilines is 1. The van der Waals surface area contributed by atoms with Crippen molar-refractivity contribution in [1.82, 2.24) is 0 Å². The summed E-state index contributed by atoms with van der Waals surface area (Å²) in [4.78, 5) is 12.7. The summed E-state index contributed by atoms with van der Waals surface area (Å²) in [6, 6.07) is 17.1. The molecular weight excluding hydrogens is 278 g/mol. The van der Waals surface area contributed by atoms with Crippen molar-refractivity contribution < 1.29 is 4.92 Å². The highest BCUT2D eigenvalue weighted by Gasteiger charge is 2.34. The van der Waals surface area contributed by atoms with Crippen LogP contribution in [0.2, 0.25) is 0 Å². The SMILES string of the molecule is CN(C)c1ccc(C(c2ccccc2)C(C#N)[N+](=O)[O-])cc1. The van der Waals surface area contributed by atoms with E-state index in [1.807, 2.05) is 79.7 Å². The van der Waals surface area contributed by atoms with Crippen LogP contribution in [0.3, 0.4) is 0 Å². The topological polar surface area (TPSA) is 70.2 Å². The third-order valence-corrected chi connectivity index (χ3v) is 3.60. The van der Waals surface area contributed by atoms with Gasteiger partial charge in [-0.3, -0.25) is 10.1 Å². The third-order valence-electron chi connectivity index (χ3n) is 3.60. The monoisotopic (exact) mass is 295 g/mol. The molecule has 0 fully saturated rings. The van der Waals surface area contributed by atoms with E-state index in [2.05, 4.69) is 0 Å². The van der Waals surface area contributed by atoms with Crippen molar-refractivity contribution in [2.24, 2.45) is 0 Å². The molecule has 0 heterocycles. The predicted molar refractivity (Wildman–Crippen MR) is 85.4 cm³/mol. The van der Waals surface area contributed by atoms with Crippen molar-refractivity contribution in [3.05, 3.63) is 75.8 Å². The first-order valence-corrected chi connectivity index (χ1v) is 6.90. The van der Waals surface area contributed by atoms with E-state index in [1.165, 1.54) is 0 Å². The molecule has 0 saturated heterocycles. The van der Waals surface area contributed by atoms with E-state index in [9.17, 15) is 15.4 Å². The summed E-state index contributed by atoms with van der Waals surface area (Å²) in [5.74, 6) is -0.586. The quantitative estimate of drug-likeness (QED) is 0.628. The van der Waals surface area contributed by atoms with E-state index in [0.717, 1.165) is 16.8 Å². The number of benzene rings is 2. The highest BCUT2D eigenvalue weighted by Crippen LogP contribution is 2.30. The Balaban J connectivity index is 2.49. The Labute approximate surface area is 129 Å². The summed E-state index contributed by atoms with van der Waals surface area (Å²) in [6.07, 6.45) is 0. The first kappa shape index (κ1) is 15.5. The molecule has 2 aromatic carbocycles. The summed E-state index contributed by atoms with van der Waals surface area (Å²) in [7, 11) is 3.86. The lowest BCUT2D eigenvalue weighted by molar-refractivity contribution is -0.509. The highest BCUT2D eigenvalue weighted by atomic mass is 16.6. The predicted octanol–water partition coefficient (Wildman–Crippen LogP) is 3.05. The minimum absolute atomic E-state index is 0.516. The zero-order valence-electron chi connectivity index (χ0n) is 12.5. The number of hydrogen-bond acceptors (Lipinski definition) is 4. The van der Waals surface area contributed by atoms with Gasteiger partial charge >= 0.3 is 6.04 Å². The van der Waals surface area contributed by atoms with Gasteiger partial charge in [-0.1, -0.05) is 42.5 Å². The van der Waals surface area contributed by atoms with Gasteiger partial charge < -0.3 is 4.90 Å². The average Bonchev–Trinajstić information content (AvgIpc) is 2.53. The minimum atomic E-state index is -1.31. The Bertz CT molecular complexity index is 675. The molecule has 2 atom stereocenters. The van der Waals surface area contributed by atoms with Crippen LogP contribution >= 0.6 is 0 Å². The molecule has 0 aliphatic rings. The lowest BCUT2D eigenvalue weighted by Crippen LogP contribution is -2.27. The smallest absolute Gasteiger partial charge is 0.307 e. The van der Waals surface area contributed by atoms with Crippen molar-refractivity contribution >= 4 is 5.69 Å². The molecule has 0 saturated carbocycles. The lowest BCUT2D eigenvalue weighted by atomic mass is 9.86. The summed E-state index contributed by atoms with van der Waals surface area (Å²) in [6.45, 7) is 0.